The van der Waals surface area contributed by atoms with Crippen molar-refractivity contribution in [2.24, 2.45) is 0 Å². The molecule has 0 atom stereocenters. The summed E-state index contributed by atoms with van der Waals surface area (Å²) in [6.07, 6.45) is 1.25. The largest absolute Gasteiger partial charge is 0.465 e. The lowest BCUT2D eigenvalue weighted by molar-refractivity contribution is -0.121. The van der Waals surface area contributed by atoms with Crippen LogP contribution in [0.3, 0.4) is 0 Å². The van der Waals surface area contributed by atoms with E-state index in [0.29, 0.717) is 30.8 Å². The SMILES string of the molecule is CCCC(=O)NCCN(C(C)=O)c1cccc(C(=O)OC)c1. The molecule has 1 aromatic carbocycles. The zero-order valence-electron chi connectivity index (χ0n) is 13.2. The highest BCUT2D eigenvalue weighted by atomic mass is 16.5. The molecular formula is C16H22N2O4. The van der Waals surface area contributed by atoms with Crippen LogP contribution in [-0.2, 0) is 14.3 Å². The van der Waals surface area contributed by atoms with Crippen LogP contribution in [0.5, 0.6) is 0 Å². The number of ether oxygens (including phenoxy) is 1. The van der Waals surface area contributed by atoms with E-state index in [1.165, 1.54) is 18.9 Å². The number of methoxy groups -OCH3 is 1. The maximum absolute atomic E-state index is 11.8. The average molecular weight is 306 g/mol. The summed E-state index contributed by atoms with van der Waals surface area (Å²) in [5.74, 6) is -0.650. The van der Waals surface area contributed by atoms with Crippen LogP contribution in [0.2, 0.25) is 0 Å². The molecule has 1 aromatic rings. The lowest BCUT2D eigenvalue weighted by Crippen LogP contribution is -2.37. The fourth-order valence-corrected chi connectivity index (χ4v) is 2.01. The molecule has 6 nitrogen and oxygen atoms in total. The van der Waals surface area contributed by atoms with Crippen molar-refractivity contribution in [1.29, 1.82) is 0 Å². The van der Waals surface area contributed by atoms with Gasteiger partial charge in [0.25, 0.3) is 0 Å². The molecule has 0 spiro atoms. The number of nitrogens with zero attached hydrogens (tertiary/aromatic N) is 1. The topological polar surface area (TPSA) is 75.7 Å². The van der Waals surface area contributed by atoms with E-state index < -0.39 is 5.97 Å². The molecule has 0 unspecified atom stereocenters. The van der Waals surface area contributed by atoms with Gasteiger partial charge < -0.3 is 15.0 Å². The van der Waals surface area contributed by atoms with Crippen LogP contribution in [0, 0.1) is 0 Å². The quantitative estimate of drug-likeness (QED) is 0.779. The van der Waals surface area contributed by atoms with Crippen molar-refractivity contribution < 1.29 is 19.1 Å². The average Bonchev–Trinajstić information content (AvgIpc) is 2.50. The van der Waals surface area contributed by atoms with E-state index in [1.54, 1.807) is 24.3 Å². The maximum atomic E-state index is 11.8. The lowest BCUT2D eigenvalue weighted by Gasteiger charge is -2.22. The Morgan fingerprint density at radius 1 is 1.27 bits per heavy atom. The van der Waals surface area contributed by atoms with Gasteiger partial charge in [0.1, 0.15) is 0 Å². The standard InChI is InChI=1S/C16H22N2O4/c1-4-6-15(20)17-9-10-18(12(2)19)14-8-5-7-13(11-14)16(21)22-3/h5,7-8,11H,4,6,9-10H2,1-3H3,(H,17,20). The lowest BCUT2D eigenvalue weighted by atomic mass is 10.2. The number of amides is 2. The van der Waals surface area contributed by atoms with E-state index in [1.807, 2.05) is 6.92 Å². The third-order valence-electron chi connectivity index (χ3n) is 3.09. The highest BCUT2D eigenvalue weighted by molar-refractivity contribution is 5.95. The number of benzene rings is 1. The van der Waals surface area contributed by atoms with E-state index >= 15 is 0 Å². The summed E-state index contributed by atoms with van der Waals surface area (Å²) in [5, 5.41) is 2.76. The first-order chi connectivity index (χ1) is 10.5. The summed E-state index contributed by atoms with van der Waals surface area (Å²) in [4.78, 5) is 36.3. The van der Waals surface area contributed by atoms with Gasteiger partial charge in [0, 0.05) is 32.1 Å². The minimum atomic E-state index is -0.457. The van der Waals surface area contributed by atoms with Gasteiger partial charge in [0.2, 0.25) is 11.8 Å². The summed E-state index contributed by atoms with van der Waals surface area (Å²) >= 11 is 0. The van der Waals surface area contributed by atoms with Crippen LogP contribution in [0.1, 0.15) is 37.0 Å². The Labute approximate surface area is 130 Å². The van der Waals surface area contributed by atoms with Gasteiger partial charge in [-0.2, -0.15) is 0 Å². The summed E-state index contributed by atoms with van der Waals surface area (Å²) in [7, 11) is 1.31. The molecule has 0 radical (unpaired) electrons. The summed E-state index contributed by atoms with van der Waals surface area (Å²) in [6.45, 7) is 4.08. The van der Waals surface area contributed by atoms with Crippen LogP contribution in [0.25, 0.3) is 0 Å². The van der Waals surface area contributed by atoms with Crippen molar-refractivity contribution >= 4 is 23.5 Å². The van der Waals surface area contributed by atoms with Gasteiger partial charge in [-0.05, 0) is 24.6 Å². The maximum Gasteiger partial charge on any atom is 0.337 e. The Bertz CT molecular complexity index is 543. The van der Waals surface area contributed by atoms with Gasteiger partial charge in [-0.15, -0.1) is 0 Å². The molecule has 0 heterocycles. The molecule has 0 bridgehead atoms. The van der Waals surface area contributed by atoms with E-state index in [4.69, 9.17) is 0 Å². The smallest absolute Gasteiger partial charge is 0.337 e. The van der Waals surface area contributed by atoms with Gasteiger partial charge in [-0.1, -0.05) is 13.0 Å². The van der Waals surface area contributed by atoms with Gasteiger partial charge in [0.15, 0.2) is 0 Å². The molecule has 0 aromatic heterocycles. The molecule has 0 aliphatic heterocycles. The predicted molar refractivity (Wildman–Crippen MR) is 83.7 cm³/mol. The number of hydrogen-bond donors (Lipinski definition) is 1. The highest BCUT2D eigenvalue weighted by Crippen LogP contribution is 2.17. The van der Waals surface area contributed by atoms with Crippen molar-refractivity contribution in [3.63, 3.8) is 0 Å². The second kappa shape index (κ2) is 8.81. The summed E-state index contributed by atoms with van der Waals surface area (Å²) in [6, 6.07) is 6.65. The van der Waals surface area contributed by atoms with Crippen molar-refractivity contribution in [1.82, 2.24) is 5.32 Å². The Hall–Kier alpha value is -2.37. The molecule has 120 valence electrons. The number of carbonyl (C=O) groups is 3. The Morgan fingerprint density at radius 2 is 2.00 bits per heavy atom. The number of nitrogens with one attached hydrogen (secondary N) is 1. The number of rotatable bonds is 7. The first-order valence-corrected chi connectivity index (χ1v) is 7.22. The third kappa shape index (κ3) is 5.20. The molecule has 1 N–H and O–H groups in total. The Morgan fingerprint density at radius 3 is 2.59 bits per heavy atom. The second-order valence-corrected chi connectivity index (χ2v) is 4.81. The zero-order valence-corrected chi connectivity index (χ0v) is 13.2. The van der Waals surface area contributed by atoms with Gasteiger partial charge in [0.05, 0.1) is 12.7 Å². The summed E-state index contributed by atoms with van der Waals surface area (Å²) < 4.78 is 4.67. The second-order valence-electron chi connectivity index (χ2n) is 4.81. The van der Waals surface area contributed by atoms with Gasteiger partial charge in [-0.3, -0.25) is 9.59 Å². The van der Waals surface area contributed by atoms with Crippen LogP contribution in [-0.4, -0.2) is 38.0 Å². The molecule has 6 heteroatoms. The highest BCUT2D eigenvalue weighted by Gasteiger charge is 2.14. The third-order valence-corrected chi connectivity index (χ3v) is 3.09. The first kappa shape index (κ1) is 17.7. The fraction of sp³-hybridized carbons (Fsp3) is 0.438. The van der Waals surface area contributed by atoms with Crippen molar-refractivity contribution in [2.75, 3.05) is 25.1 Å². The number of hydrogen-bond acceptors (Lipinski definition) is 4. The summed E-state index contributed by atoms with van der Waals surface area (Å²) in [5.41, 5.74) is 0.974. The first-order valence-electron chi connectivity index (χ1n) is 7.22. The fourth-order valence-electron chi connectivity index (χ4n) is 2.01. The predicted octanol–water partition coefficient (Wildman–Crippen LogP) is 1.74. The van der Waals surface area contributed by atoms with E-state index in [2.05, 4.69) is 10.1 Å². The number of carbonyl (C=O) groups excluding carboxylic acids is 3. The molecule has 1 rings (SSSR count). The van der Waals surface area contributed by atoms with Crippen molar-refractivity contribution in [3.8, 4) is 0 Å². The van der Waals surface area contributed by atoms with Gasteiger partial charge >= 0.3 is 5.97 Å². The molecule has 2 amide bonds. The van der Waals surface area contributed by atoms with Crippen LogP contribution >= 0.6 is 0 Å². The number of anilines is 1. The van der Waals surface area contributed by atoms with Crippen molar-refractivity contribution in [2.45, 2.75) is 26.7 Å². The monoisotopic (exact) mass is 306 g/mol. The molecule has 0 saturated carbocycles. The molecule has 0 aliphatic rings. The molecular weight excluding hydrogens is 284 g/mol. The van der Waals surface area contributed by atoms with E-state index in [9.17, 15) is 14.4 Å². The molecule has 22 heavy (non-hydrogen) atoms. The molecule has 0 fully saturated rings. The number of esters is 1. The Kier molecular flexibility index (Phi) is 7.08. The minimum Gasteiger partial charge on any atom is -0.465 e. The van der Waals surface area contributed by atoms with Gasteiger partial charge in [-0.25, -0.2) is 4.79 Å². The van der Waals surface area contributed by atoms with E-state index in [0.717, 1.165) is 6.42 Å². The molecule has 0 aliphatic carbocycles. The normalized spacial score (nSPS) is 9.95. The van der Waals surface area contributed by atoms with Crippen LogP contribution in [0.4, 0.5) is 5.69 Å². The van der Waals surface area contributed by atoms with Crippen LogP contribution < -0.4 is 10.2 Å². The molecule has 0 saturated heterocycles. The minimum absolute atomic E-state index is 0.0330. The van der Waals surface area contributed by atoms with E-state index in [-0.39, 0.29) is 11.8 Å². The van der Waals surface area contributed by atoms with Crippen molar-refractivity contribution in [3.05, 3.63) is 29.8 Å². The Balaban J connectivity index is 2.77. The zero-order chi connectivity index (χ0) is 16.5. The van der Waals surface area contributed by atoms with Crippen LogP contribution in [0.15, 0.2) is 24.3 Å².